The molecule has 0 saturated carbocycles. The standard InChI is InChI=1S/C17H23FN2O/c1-12-9-14(13-4-6-15(18)7-5-13)11-20(12)17(21)10-16-3-2-8-19-16/h4-7,12,14,16,19H,2-3,8-11H2,1H3. The van der Waals surface area contributed by atoms with Gasteiger partial charge in [-0.2, -0.15) is 0 Å². The summed E-state index contributed by atoms with van der Waals surface area (Å²) in [6.07, 6.45) is 3.86. The molecule has 2 heterocycles. The van der Waals surface area contributed by atoms with E-state index in [1.54, 1.807) is 0 Å². The van der Waals surface area contributed by atoms with Gasteiger partial charge in [0.25, 0.3) is 0 Å². The van der Waals surface area contributed by atoms with E-state index < -0.39 is 0 Å². The van der Waals surface area contributed by atoms with E-state index in [4.69, 9.17) is 0 Å². The van der Waals surface area contributed by atoms with Crippen molar-refractivity contribution in [1.29, 1.82) is 0 Å². The average Bonchev–Trinajstić information content (AvgIpc) is 3.09. The smallest absolute Gasteiger partial charge is 0.224 e. The van der Waals surface area contributed by atoms with E-state index in [1.807, 2.05) is 17.0 Å². The van der Waals surface area contributed by atoms with Crippen molar-refractivity contribution in [3.05, 3.63) is 35.6 Å². The lowest BCUT2D eigenvalue weighted by atomic mass is 9.97. The van der Waals surface area contributed by atoms with Gasteiger partial charge in [0.15, 0.2) is 0 Å². The molecular weight excluding hydrogens is 267 g/mol. The highest BCUT2D eigenvalue weighted by Gasteiger charge is 2.34. The number of amides is 1. The zero-order valence-electron chi connectivity index (χ0n) is 12.5. The van der Waals surface area contributed by atoms with Gasteiger partial charge in [-0.05, 0) is 50.4 Å². The predicted molar refractivity (Wildman–Crippen MR) is 80.6 cm³/mol. The van der Waals surface area contributed by atoms with E-state index in [1.165, 1.54) is 18.6 Å². The molecule has 2 saturated heterocycles. The molecule has 0 bridgehead atoms. The third-order valence-electron chi connectivity index (χ3n) is 4.82. The molecule has 3 nitrogen and oxygen atoms in total. The van der Waals surface area contributed by atoms with Gasteiger partial charge >= 0.3 is 0 Å². The first-order valence-electron chi connectivity index (χ1n) is 7.92. The molecule has 1 aromatic carbocycles. The number of hydrogen-bond donors (Lipinski definition) is 1. The Hall–Kier alpha value is -1.42. The summed E-state index contributed by atoms with van der Waals surface area (Å²) in [7, 11) is 0. The van der Waals surface area contributed by atoms with Crippen LogP contribution in [0.15, 0.2) is 24.3 Å². The van der Waals surface area contributed by atoms with Crippen LogP contribution in [0.2, 0.25) is 0 Å². The van der Waals surface area contributed by atoms with Gasteiger partial charge in [-0.25, -0.2) is 4.39 Å². The van der Waals surface area contributed by atoms with Gasteiger partial charge in [-0.15, -0.1) is 0 Å². The maximum atomic E-state index is 13.0. The number of nitrogens with zero attached hydrogens (tertiary/aromatic N) is 1. The average molecular weight is 290 g/mol. The Labute approximate surface area is 125 Å². The highest BCUT2D eigenvalue weighted by molar-refractivity contribution is 5.77. The van der Waals surface area contributed by atoms with Gasteiger partial charge in [-0.1, -0.05) is 12.1 Å². The van der Waals surface area contributed by atoms with Gasteiger partial charge in [-0.3, -0.25) is 4.79 Å². The van der Waals surface area contributed by atoms with Crippen molar-refractivity contribution in [1.82, 2.24) is 10.2 Å². The van der Waals surface area contributed by atoms with E-state index in [0.717, 1.165) is 31.5 Å². The van der Waals surface area contributed by atoms with Crippen LogP contribution in [0.1, 0.15) is 44.1 Å². The second-order valence-corrected chi connectivity index (χ2v) is 6.38. The lowest BCUT2D eigenvalue weighted by Crippen LogP contribution is -2.37. The first-order chi connectivity index (χ1) is 10.1. The normalized spacial score (nSPS) is 29.0. The first-order valence-corrected chi connectivity index (χ1v) is 7.92. The molecule has 0 aromatic heterocycles. The summed E-state index contributed by atoms with van der Waals surface area (Å²) in [6.45, 7) is 3.91. The molecule has 0 spiro atoms. The number of benzene rings is 1. The van der Waals surface area contributed by atoms with Crippen LogP contribution in [0.5, 0.6) is 0 Å². The minimum absolute atomic E-state index is 0.204. The minimum atomic E-state index is -0.204. The molecule has 4 heteroatoms. The topological polar surface area (TPSA) is 32.3 Å². The van der Waals surface area contributed by atoms with Crippen LogP contribution in [-0.4, -0.2) is 36.0 Å². The third kappa shape index (κ3) is 3.26. The zero-order chi connectivity index (χ0) is 14.8. The molecule has 1 aromatic rings. The second kappa shape index (κ2) is 6.14. The van der Waals surface area contributed by atoms with E-state index in [2.05, 4.69) is 12.2 Å². The van der Waals surface area contributed by atoms with E-state index in [-0.39, 0.29) is 17.8 Å². The molecule has 3 rings (SSSR count). The van der Waals surface area contributed by atoms with Gasteiger partial charge < -0.3 is 10.2 Å². The molecule has 2 aliphatic heterocycles. The van der Waals surface area contributed by atoms with Crippen LogP contribution in [0.25, 0.3) is 0 Å². The van der Waals surface area contributed by atoms with Crippen molar-refractivity contribution in [3.8, 4) is 0 Å². The monoisotopic (exact) mass is 290 g/mol. The second-order valence-electron chi connectivity index (χ2n) is 6.38. The molecule has 3 atom stereocenters. The summed E-state index contributed by atoms with van der Waals surface area (Å²) >= 11 is 0. The van der Waals surface area contributed by atoms with Crippen molar-refractivity contribution in [3.63, 3.8) is 0 Å². The fourth-order valence-corrected chi connectivity index (χ4v) is 3.61. The fourth-order valence-electron chi connectivity index (χ4n) is 3.61. The molecule has 0 radical (unpaired) electrons. The van der Waals surface area contributed by atoms with Crippen LogP contribution < -0.4 is 5.32 Å². The van der Waals surface area contributed by atoms with Crippen molar-refractivity contribution in [2.75, 3.05) is 13.1 Å². The predicted octanol–water partition coefficient (Wildman–Crippen LogP) is 2.67. The summed E-state index contributed by atoms with van der Waals surface area (Å²) in [5.41, 5.74) is 1.14. The fraction of sp³-hybridized carbons (Fsp3) is 0.588. The van der Waals surface area contributed by atoms with Gasteiger partial charge in [0, 0.05) is 31.0 Å². The van der Waals surface area contributed by atoms with Crippen molar-refractivity contribution >= 4 is 5.91 Å². The molecule has 2 aliphatic rings. The van der Waals surface area contributed by atoms with Crippen molar-refractivity contribution < 1.29 is 9.18 Å². The molecule has 1 N–H and O–H groups in total. The highest BCUT2D eigenvalue weighted by Crippen LogP contribution is 2.32. The number of rotatable bonds is 3. The van der Waals surface area contributed by atoms with E-state index in [9.17, 15) is 9.18 Å². The minimum Gasteiger partial charge on any atom is -0.339 e. The number of carbonyl (C=O) groups is 1. The largest absolute Gasteiger partial charge is 0.339 e. The first kappa shape index (κ1) is 14.5. The van der Waals surface area contributed by atoms with Crippen molar-refractivity contribution in [2.24, 2.45) is 0 Å². The van der Waals surface area contributed by atoms with Crippen molar-refractivity contribution in [2.45, 2.75) is 50.6 Å². The summed E-state index contributed by atoms with van der Waals surface area (Å²) < 4.78 is 13.0. The Morgan fingerprint density at radius 3 is 2.81 bits per heavy atom. The summed E-state index contributed by atoms with van der Waals surface area (Å²) in [6, 6.07) is 7.33. The number of likely N-dealkylation sites (tertiary alicyclic amines) is 1. The number of nitrogens with one attached hydrogen (secondary N) is 1. The molecule has 0 aliphatic carbocycles. The molecule has 1 amide bonds. The third-order valence-corrected chi connectivity index (χ3v) is 4.82. The Bertz CT molecular complexity index is 496. The van der Waals surface area contributed by atoms with Gasteiger partial charge in [0.2, 0.25) is 5.91 Å². The maximum Gasteiger partial charge on any atom is 0.224 e. The summed E-state index contributed by atoms with van der Waals surface area (Å²) in [5, 5.41) is 3.39. The number of hydrogen-bond acceptors (Lipinski definition) is 2. The van der Waals surface area contributed by atoms with E-state index in [0.29, 0.717) is 18.4 Å². The lowest BCUT2D eigenvalue weighted by molar-refractivity contribution is -0.132. The summed E-state index contributed by atoms with van der Waals surface area (Å²) in [5.74, 6) is 0.387. The number of carbonyl (C=O) groups excluding carboxylic acids is 1. The van der Waals surface area contributed by atoms with Gasteiger partial charge in [0.1, 0.15) is 5.82 Å². The molecular formula is C17H23FN2O. The Morgan fingerprint density at radius 2 is 2.14 bits per heavy atom. The SMILES string of the molecule is CC1CC(c2ccc(F)cc2)CN1C(=O)CC1CCCN1. The number of halogens is 1. The van der Waals surface area contributed by atoms with Crippen LogP contribution in [0.3, 0.4) is 0 Å². The van der Waals surface area contributed by atoms with Crippen LogP contribution in [0.4, 0.5) is 4.39 Å². The van der Waals surface area contributed by atoms with E-state index >= 15 is 0 Å². The molecule has 2 fully saturated rings. The van der Waals surface area contributed by atoms with Crippen LogP contribution in [-0.2, 0) is 4.79 Å². The Kier molecular flexibility index (Phi) is 4.24. The zero-order valence-corrected chi connectivity index (χ0v) is 12.5. The van der Waals surface area contributed by atoms with Crippen LogP contribution in [0, 0.1) is 5.82 Å². The summed E-state index contributed by atoms with van der Waals surface area (Å²) in [4.78, 5) is 14.5. The van der Waals surface area contributed by atoms with Crippen LogP contribution >= 0.6 is 0 Å². The van der Waals surface area contributed by atoms with Gasteiger partial charge in [0.05, 0.1) is 0 Å². The molecule has 3 unspecified atom stereocenters. The molecule has 114 valence electrons. The lowest BCUT2D eigenvalue weighted by Gasteiger charge is -2.23. The quantitative estimate of drug-likeness (QED) is 0.928. The Balaban J connectivity index is 1.62. The maximum absolute atomic E-state index is 13.0. The molecule has 21 heavy (non-hydrogen) atoms. The highest BCUT2D eigenvalue weighted by atomic mass is 19.1. The Morgan fingerprint density at radius 1 is 1.38 bits per heavy atom.